The number of aryl methyl sites for hydroxylation is 1. The fourth-order valence-corrected chi connectivity index (χ4v) is 5.18. The van der Waals surface area contributed by atoms with E-state index in [9.17, 15) is 0 Å². The number of pyridine rings is 1. The number of fused-ring (bicyclic) bond motifs is 2. The second-order valence-electron chi connectivity index (χ2n) is 11.1. The first-order valence-electron chi connectivity index (χ1n) is 13.0. The topological polar surface area (TPSA) is 87.0 Å². The Morgan fingerprint density at radius 1 is 0.974 bits per heavy atom. The Bertz CT molecular complexity index is 1700. The minimum absolute atomic E-state index is 0.0272. The van der Waals surface area contributed by atoms with Crippen molar-refractivity contribution in [1.29, 1.82) is 0 Å². The molecule has 4 heterocycles. The summed E-state index contributed by atoms with van der Waals surface area (Å²) < 4.78 is 15.4. The molecule has 1 unspecified atom stereocenters. The third-order valence-electron chi connectivity index (χ3n) is 7.86. The van der Waals surface area contributed by atoms with Crippen molar-refractivity contribution >= 4 is 56.3 Å². The number of hydrogen-bond acceptors (Lipinski definition) is 7. The van der Waals surface area contributed by atoms with Crippen molar-refractivity contribution < 1.29 is 9.31 Å². The molecular weight excluding hydrogens is 555 g/mol. The lowest BCUT2D eigenvalue weighted by molar-refractivity contribution is 0.00578. The van der Waals surface area contributed by atoms with Crippen LogP contribution in [0.1, 0.15) is 46.2 Å². The molecule has 0 spiro atoms. The van der Waals surface area contributed by atoms with Gasteiger partial charge in [-0.3, -0.25) is 9.67 Å². The summed E-state index contributed by atoms with van der Waals surface area (Å²) >= 11 is 3.51. The van der Waals surface area contributed by atoms with Crippen molar-refractivity contribution in [2.75, 3.05) is 5.32 Å². The van der Waals surface area contributed by atoms with E-state index >= 15 is 0 Å². The first-order valence-corrected chi connectivity index (χ1v) is 13.8. The summed E-state index contributed by atoms with van der Waals surface area (Å²) in [5.74, 6) is 0.756. The van der Waals surface area contributed by atoms with E-state index < -0.39 is 18.3 Å². The highest BCUT2D eigenvalue weighted by atomic mass is 79.9. The van der Waals surface area contributed by atoms with Crippen molar-refractivity contribution in [1.82, 2.24) is 24.7 Å². The number of benzene rings is 2. The Morgan fingerprint density at radius 2 is 1.74 bits per heavy atom. The van der Waals surface area contributed by atoms with E-state index in [4.69, 9.17) is 14.4 Å². The minimum atomic E-state index is -0.455. The van der Waals surface area contributed by atoms with E-state index in [1.54, 1.807) is 12.5 Å². The zero-order valence-electron chi connectivity index (χ0n) is 22.9. The van der Waals surface area contributed by atoms with Gasteiger partial charge in [-0.2, -0.15) is 5.10 Å². The number of halogens is 1. The van der Waals surface area contributed by atoms with Gasteiger partial charge in [-0.1, -0.05) is 24.3 Å². The lowest BCUT2D eigenvalue weighted by Gasteiger charge is -2.32. The van der Waals surface area contributed by atoms with Crippen LogP contribution in [0.3, 0.4) is 0 Å². The molecular formula is C29H30BBrN6O2. The maximum atomic E-state index is 6.28. The summed E-state index contributed by atoms with van der Waals surface area (Å²) in [5.41, 5.74) is 5.79. The maximum Gasteiger partial charge on any atom is 0.494 e. The highest BCUT2D eigenvalue weighted by Crippen LogP contribution is 2.37. The quantitative estimate of drug-likeness (QED) is 0.261. The molecule has 3 aromatic heterocycles. The molecule has 0 aliphatic carbocycles. The predicted molar refractivity (Wildman–Crippen MR) is 159 cm³/mol. The van der Waals surface area contributed by atoms with Crippen molar-refractivity contribution in [3.8, 4) is 11.3 Å². The fourth-order valence-electron chi connectivity index (χ4n) is 4.86. The summed E-state index contributed by atoms with van der Waals surface area (Å²) in [5, 5.41) is 9.28. The van der Waals surface area contributed by atoms with Gasteiger partial charge in [0.15, 0.2) is 0 Å². The average Bonchev–Trinajstić information content (AvgIpc) is 3.34. The molecule has 0 radical (unpaired) electrons. The van der Waals surface area contributed by atoms with Crippen molar-refractivity contribution in [3.05, 3.63) is 71.1 Å². The Balaban J connectivity index is 1.31. The van der Waals surface area contributed by atoms with Crippen LogP contribution in [0.15, 0.2) is 65.5 Å². The van der Waals surface area contributed by atoms with Crippen LogP contribution in [-0.2, 0) is 16.4 Å². The molecule has 1 aliphatic heterocycles. The minimum Gasteiger partial charge on any atom is -0.399 e. The van der Waals surface area contributed by atoms with Crippen LogP contribution in [0.4, 0.5) is 5.82 Å². The Hall–Kier alpha value is -3.34. The lowest BCUT2D eigenvalue weighted by atomic mass is 9.78. The van der Waals surface area contributed by atoms with Gasteiger partial charge in [0.2, 0.25) is 0 Å². The number of anilines is 1. The predicted octanol–water partition coefficient (Wildman–Crippen LogP) is 5.81. The van der Waals surface area contributed by atoms with Gasteiger partial charge in [0.05, 0.1) is 22.2 Å². The largest absolute Gasteiger partial charge is 0.494 e. The highest BCUT2D eigenvalue weighted by Gasteiger charge is 2.51. The van der Waals surface area contributed by atoms with Gasteiger partial charge in [-0.05, 0) is 85.8 Å². The Kier molecular flexibility index (Phi) is 6.24. The number of hydrogen-bond donors (Lipinski definition) is 1. The van der Waals surface area contributed by atoms with Crippen LogP contribution in [-0.4, -0.2) is 43.1 Å². The molecule has 1 fully saturated rings. The molecule has 8 nitrogen and oxygen atoms in total. The smallest absolute Gasteiger partial charge is 0.399 e. The van der Waals surface area contributed by atoms with Crippen LogP contribution in [0.25, 0.3) is 33.2 Å². The van der Waals surface area contributed by atoms with E-state index in [0.29, 0.717) is 0 Å². The third kappa shape index (κ3) is 4.60. The Labute approximate surface area is 236 Å². The summed E-state index contributed by atoms with van der Waals surface area (Å²) in [7, 11) is 1.48. The molecule has 1 aliphatic rings. The molecule has 0 saturated carbocycles. The molecule has 39 heavy (non-hydrogen) atoms. The van der Waals surface area contributed by atoms with Crippen LogP contribution < -0.4 is 10.8 Å². The molecule has 10 heteroatoms. The standard InChI is InChI=1S/C29H30BBrN6O2/c1-17(18-8-7-9-19(12-18)25-26-24(37(6)36-25)14-21(31)15-32-26)35-27-22-13-20(10-11-23(22)33-16-34-27)30-38-28(2,3)29(4,5)39-30/h7-17H,1-6H3,(H,33,34,35). The number of rotatable bonds is 5. The molecule has 1 N–H and O–H groups in total. The van der Waals surface area contributed by atoms with Crippen LogP contribution in [0.5, 0.6) is 0 Å². The average molecular weight is 585 g/mol. The molecule has 1 atom stereocenters. The summed E-state index contributed by atoms with van der Waals surface area (Å²) in [6.07, 6.45) is 3.39. The Morgan fingerprint density at radius 3 is 2.51 bits per heavy atom. The normalized spacial score (nSPS) is 17.2. The van der Waals surface area contributed by atoms with Crippen LogP contribution >= 0.6 is 15.9 Å². The number of aromatic nitrogens is 5. The van der Waals surface area contributed by atoms with Gasteiger partial charge in [-0.15, -0.1) is 0 Å². The maximum absolute atomic E-state index is 6.28. The molecule has 0 bridgehead atoms. The summed E-state index contributed by atoms with van der Waals surface area (Å²) in [6, 6.07) is 16.5. The third-order valence-corrected chi connectivity index (χ3v) is 8.29. The van der Waals surface area contributed by atoms with E-state index in [0.717, 1.165) is 54.5 Å². The van der Waals surface area contributed by atoms with Gasteiger partial charge in [0.1, 0.15) is 23.4 Å². The van der Waals surface area contributed by atoms with E-state index in [1.807, 2.05) is 29.9 Å². The molecule has 2 aromatic carbocycles. The van der Waals surface area contributed by atoms with Crippen molar-refractivity contribution in [2.45, 2.75) is 51.9 Å². The zero-order valence-corrected chi connectivity index (χ0v) is 24.4. The first kappa shape index (κ1) is 25.9. The summed E-state index contributed by atoms with van der Waals surface area (Å²) in [6.45, 7) is 10.4. The molecule has 5 aromatic rings. The van der Waals surface area contributed by atoms with Gasteiger partial charge >= 0.3 is 7.12 Å². The molecule has 6 rings (SSSR count). The zero-order chi connectivity index (χ0) is 27.5. The van der Waals surface area contributed by atoms with E-state index in [1.165, 1.54) is 0 Å². The van der Waals surface area contributed by atoms with Crippen LogP contribution in [0.2, 0.25) is 0 Å². The van der Waals surface area contributed by atoms with Gasteiger partial charge in [0, 0.05) is 34.7 Å². The molecule has 1 saturated heterocycles. The van der Waals surface area contributed by atoms with Gasteiger partial charge in [-0.25, -0.2) is 9.97 Å². The van der Waals surface area contributed by atoms with Crippen LogP contribution in [0, 0.1) is 0 Å². The van der Waals surface area contributed by atoms with Gasteiger partial charge in [0.25, 0.3) is 0 Å². The lowest BCUT2D eigenvalue weighted by Crippen LogP contribution is -2.41. The monoisotopic (exact) mass is 584 g/mol. The fraction of sp³-hybridized carbons (Fsp3) is 0.310. The molecule has 0 amide bonds. The second-order valence-corrected chi connectivity index (χ2v) is 12.0. The van der Waals surface area contributed by atoms with E-state index in [2.05, 4.69) is 101 Å². The molecule has 198 valence electrons. The van der Waals surface area contributed by atoms with Crippen molar-refractivity contribution in [3.63, 3.8) is 0 Å². The number of nitrogens with zero attached hydrogens (tertiary/aromatic N) is 5. The SMILES string of the molecule is CC(Nc1ncnc2ccc(B3OC(C)(C)C(C)(C)O3)cc12)c1cccc(-c2nn(C)c3cc(Br)cnc23)c1. The van der Waals surface area contributed by atoms with Gasteiger partial charge < -0.3 is 14.6 Å². The number of nitrogens with one attached hydrogen (secondary N) is 1. The summed E-state index contributed by atoms with van der Waals surface area (Å²) in [4.78, 5) is 13.7. The first-order chi connectivity index (χ1) is 18.5. The second kappa shape index (κ2) is 9.40. The highest BCUT2D eigenvalue weighted by molar-refractivity contribution is 9.10. The van der Waals surface area contributed by atoms with E-state index in [-0.39, 0.29) is 6.04 Å². The van der Waals surface area contributed by atoms with Crippen molar-refractivity contribution in [2.24, 2.45) is 7.05 Å².